The molecule has 0 amide bonds. The van der Waals surface area contributed by atoms with Crippen molar-refractivity contribution in [2.75, 3.05) is 0 Å². The lowest BCUT2D eigenvalue weighted by atomic mass is 9.88. The second-order valence-electron chi connectivity index (χ2n) is 8.60. The number of phosphoric acid groups is 2. The molecule has 0 saturated heterocycles. The van der Waals surface area contributed by atoms with Crippen molar-refractivity contribution in [2.45, 2.75) is 0 Å². The summed E-state index contributed by atoms with van der Waals surface area (Å²) in [7, 11) is -10.1. The van der Waals surface area contributed by atoms with Gasteiger partial charge in [-0.05, 0) is 34.9 Å². The molecule has 0 aliphatic rings. The average Bonchev–Trinajstić information content (AvgIpc) is 2.94. The highest BCUT2D eigenvalue weighted by molar-refractivity contribution is 7.60. The van der Waals surface area contributed by atoms with Crippen LogP contribution in [0.4, 0.5) is 0 Å². The molecule has 5 N–H and O–H groups in total. The Morgan fingerprint density at radius 2 is 0.902 bits per heavy atom. The van der Waals surface area contributed by atoms with Crippen LogP contribution < -0.4 is 4.74 Å². The van der Waals surface area contributed by atoms with Crippen LogP contribution >= 0.6 is 15.6 Å². The molecular formula is C30H26O9P2. The predicted molar refractivity (Wildman–Crippen MR) is 156 cm³/mol. The monoisotopic (exact) mass is 592 g/mol. The van der Waals surface area contributed by atoms with Crippen LogP contribution in [0, 0.1) is 0 Å². The van der Waals surface area contributed by atoms with Gasteiger partial charge in [-0.25, -0.2) is 9.13 Å². The maximum Gasteiger partial charge on any atom is 0.478 e. The molecule has 0 radical (unpaired) electrons. The quantitative estimate of drug-likeness (QED) is 0.122. The SMILES string of the molecule is O=P(O)(O)OP(=O)(O)O.Oc1cc(-c2ccccc2)c(Oc2ccccc2)c(-c2ccccc2)c1-c1ccccc1. The van der Waals surface area contributed by atoms with E-state index in [4.69, 9.17) is 24.3 Å². The fourth-order valence-electron chi connectivity index (χ4n) is 4.11. The molecule has 210 valence electrons. The summed E-state index contributed by atoms with van der Waals surface area (Å²) < 4.78 is 28.8. The molecule has 0 fully saturated rings. The number of rotatable bonds is 7. The molecule has 0 spiro atoms. The average molecular weight is 592 g/mol. The van der Waals surface area contributed by atoms with Crippen LogP contribution in [0.1, 0.15) is 0 Å². The number of para-hydroxylation sites is 1. The first-order valence-corrected chi connectivity index (χ1v) is 15.2. The molecule has 5 aromatic rings. The van der Waals surface area contributed by atoms with Gasteiger partial charge in [0.15, 0.2) is 0 Å². The first kappa shape index (κ1) is 29.9. The van der Waals surface area contributed by atoms with Crippen molar-refractivity contribution in [3.8, 4) is 50.6 Å². The number of hydrogen-bond donors (Lipinski definition) is 5. The number of hydrogen-bond acceptors (Lipinski definition) is 5. The molecule has 41 heavy (non-hydrogen) atoms. The molecule has 0 aliphatic heterocycles. The Morgan fingerprint density at radius 3 is 1.32 bits per heavy atom. The Labute approximate surface area is 236 Å². The van der Waals surface area contributed by atoms with E-state index in [9.17, 15) is 14.2 Å². The van der Waals surface area contributed by atoms with Crippen molar-refractivity contribution in [1.82, 2.24) is 0 Å². The summed E-state index contributed by atoms with van der Waals surface area (Å²) in [6, 6.07) is 41.7. The summed E-state index contributed by atoms with van der Waals surface area (Å²) in [5.74, 6) is 1.67. The molecule has 0 heterocycles. The molecule has 0 unspecified atom stereocenters. The van der Waals surface area contributed by atoms with E-state index in [1.807, 2.05) is 127 Å². The Morgan fingerprint density at radius 1 is 0.512 bits per heavy atom. The minimum Gasteiger partial charge on any atom is -0.507 e. The largest absolute Gasteiger partial charge is 0.507 e. The zero-order valence-corrected chi connectivity index (χ0v) is 23.2. The summed E-state index contributed by atoms with van der Waals surface area (Å²) in [5, 5.41) is 11.3. The molecule has 5 aromatic carbocycles. The molecular weight excluding hydrogens is 566 g/mol. The molecule has 0 aromatic heterocycles. The standard InChI is InChI=1S/C30H22O2.H4O7P2/c31-27-21-26(22-13-5-1-6-14-22)30(32-25-19-11-4-12-20-25)29(24-17-9-3-10-18-24)28(27)23-15-7-2-8-16-23;1-8(2,3)7-9(4,5)6/h1-21,31H;(H2,1,2,3)(H2,4,5,6). The van der Waals surface area contributed by atoms with E-state index < -0.39 is 15.6 Å². The zero-order chi connectivity index (χ0) is 29.5. The van der Waals surface area contributed by atoms with Gasteiger partial charge < -0.3 is 29.4 Å². The number of phenols is 1. The maximum atomic E-state index is 11.3. The van der Waals surface area contributed by atoms with E-state index >= 15 is 0 Å². The third-order valence-electron chi connectivity index (χ3n) is 5.64. The molecule has 9 nitrogen and oxygen atoms in total. The van der Waals surface area contributed by atoms with Gasteiger partial charge in [0.2, 0.25) is 0 Å². The zero-order valence-electron chi connectivity index (χ0n) is 21.4. The van der Waals surface area contributed by atoms with E-state index in [0.29, 0.717) is 5.75 Å². The van der Waals surface area contributed by atoms with Gasteiger partial charge in [0.05, 0.1) is 0 Å². The highest BCUT2D eigenvalue weighted by atomic mass is 31.3. The van der Waals surface area contributed by atoms with Crippen molar-refractivity contribution in [3.05, 3.63) is 127 Å². The van der Waals surface area contributed by atoms with E-state index in [2.05, 4.69) is 4.31 Å². The second-order valence-corrected chi connectivity index (χ2v) is 11.2. The second kappa shape index (κ2) is 13.1. The normalized spacial score (nSPS) is 11.3. The van der Waals surface area contributed by atoms with Crippen molar-refractivity contribution in [2.24, 2.45) is 0 Å². The Balaban J connectivity index is 0.000000374. The van der Waals surface area contributed by atoms with Gasteiger partial charge in [0, 0.05) is 16.7 Å². The third-order valence-corrected chi connectivity index (χ3v) is 7.35. The number of benzene rings is 5. The van der Waals surface area contributed by atoms with E-state index in [1.54, 1.807) is 0 Å². The maximum absolute atomic E-state index is 11.3. The van der Waals surface area contributed by atoms with Gasteiger partial charge in [-0.3, -0.25) is 0 Å². The van der Waals surface area contributed by atoms with Crippen molar-refractivity contribution >= 4 is 15.6 Å². The summed E-state index contributed by atoms with van der Waals surface area (Å²) in [5.41, 5.74) is 5.34. The lowest BCUT2D eigenvalue weighted by Gasteiger charge is -2.21. The smallest absolute Gasteiger partial charge is 0.478 e. The fraction of sp³-hybridized carbons (Fsp3) is 0. The van der Waals surface area contributed by atoms with Crippen molar-refractivity contribution in [3.63, 3.8) is 0 Å². The van der Waals surface area contributed by atoms with Crippen LogP contribution in [0.5, 0.6) is 17.2 Å². The Kier molecular flexibility index (Phi) is 9.55. The highest BCUT2D eigenvalue weighted by Gasteiger charge is 2.28. The van der Waals surface area contributed by atoms with E-state index in [0.717, 1.165) is 39.1 Å². The summed E-state index contributed by atoms with van der Waals surface area (Å²) in [6.07, 6.45) is 0. The van der Waals surface area contributed by atoms with Gasteiger partial charge in [-0.2, -0.15) is 4.31 Å². The number of aromatic hydroxyl groups is 1. The molecule has 0 bridgehead atoms. The highest BCUT2D eigenvalue weighted by Crippen LogP contribution is 2.54. The lowest BCUT2D eigenvalue weighted by Crippen LogP contribution is -1.96. The van der Waals surface area contributed by atoms with Gasteiger partial charge >= 0.3 is 15.6 Å². The van der Waals surface area contributed by atoms with Gasteiger partial charge in [-0.1, -0.05) is 109 Å². The van der Waals surface area contributed by atoms with Crippen LogP contribution in [0.15, 0.2) is 127 Å². The molecule has 0 aliphatic carbocycles. The van der Waals surface area contributed by atoms with Crippen LogP contribution in [-0.2, 0) is 13.4 Å². The van der Waals surface area contributed by atoms with E-state index in [1.165, 1.54) is 0 Å². The van der Waals surface area contributed by atoms with Gasteiger partial charge in [-0.15, -0.1) is 0 Å². The molecule has 0 atom stereocenters. The molecule has 11 heteroatoms. The number of ether oxygens (including phenoxy) is 1. The van der Waals surface area contributed by atoms with Crippen LogP contribution in [-0.4, -0.2) is 24.7 Å². The first-order valence-electron chi connectivity index (χ1n) is 12.1. The Bertz CT molecular complexity index is 1650. The summed E-state index contributed by atoms with van der Waals surface area (Å²) in [6.45, 7) is 0. The minimum atomic E-state index is -5.05. The molecule has 0 saturated carbocycles. The summed E-state index contributed by atoms with van der Waals surface area (Å²) >= 11 is 0. The minimum absolute atomic E-state index is 0.217. The Hall–Kier alpha value is -4.04. The molecule has 5 rings (SSSR count). The van der Waals surface area contributed by atoms with Crippen molar-refractivity contribution in [1.29, 1.82) is 0 Å². The van der Waals surface area contributed by atoms with Gasteiger partial charge in [0.25, 0.3) is 0 Å². The predicted octanol–water partition coefficient (Wildman–Crippen LogP) is 7.37. The van der Waals surface area contributed by atoms with Crippen LogP contribution in [0.2, 0.25) is 0 Å². The third kappa shape index (κ3) is 8.47. The summed E-state index contributed by atoms with van der Waals surface area (Å²) in [4.78, 5) is 31.0. The fourth-order valence-corrected chi connectivity index (χ4v) is 5.22. The van der Waals surface area contributed by atoms with E-state index in [-0.39, 0.29) is 5.75 Å². The van der Waals surface area contributed by atoms with Crippen molar-refractivity contribution < 1.29 is 42.9 Å². The number of phenolic OH excluding ortho intramolecular Hbond substituents is 1. The first-order chi connectivity index (χ1) is 19.5. The van der Waals surface area contributed by atoms with Gasteiger partial charge in [0.1, 0.15) is 17.2 Å². The lowest BCUT2D eigenvalue weighted by molar-refractivity contribution is 0.225. The van der Waals surface area contributed by atoms with Crippen LogP contribution in [0.3, 0.4) is 0 Å². The topological polar surface area (TPSA) is 154 Å². The van der Waals surface area contributed by atoms with Crippen LogP contribution in [0.25, 0.3) is 33.4 Å².